The topological polar surface area (TPSA) is 122 Å². The fraction of sp³-hybridized carbons (Fsp3) is 0.321. The largest absolute Gasteiger partial charge is 0.497 e. The fourth-order valence-corrected chi connectivity index (χ4v) is 4.94. The highest BCUT2D eigenvalue weighted by Gasteiger charge is 2.31. The number of carbonyl (C=O) groups is 3. The molecule has 0 spiro atoms. The van der Waals surface area contributed by atoms with Crippen molar-refractivity contribution in [3.8, 4) is 5.75 Å². The molecule has 0 saturated heterocycles. The summed E-state index contributed by atoms with van der Waals surface area (Å²) in [7, 11) is 1.59. The Balaban J connectivity index is 1.51. The predicted molar refractivity (Wildman–Crippen MR) is 136 cm³/mol. The molecule has 1 atom stereocenters. The van der Waals surface area contributed by atoms with Crippen LogP contribution in [0.15, 0.2) is 48.8 Å². The molecule has 2 aromatic carbocycles. The highest BCUT2D eigenvalue weighted by Crippen LogP contribution is 2.39. The molecule has 4 rings (SSSR count). The van der Waals surface area contributed by atoms with Crippen molar-refractivity contribution in [2.24, 2.45) is 0 Å². The number of nitrogens with zero attached hydrogens (tertiary/aromatic N) is 3. The van der Waals surface area contributed by atoms with E-state index in [1.807, 2.05) is 48.2 Å². The number of carboxylic acid groups (broad SMARTS) is 1. The third-order valence-corrected chi connectivity index (χ3v) is 6.73. The van der Waals surface area contributed by atoms with E-state index in [4.69, 9.17) is 4.74 Å². The number of hydrogen-bond acceptors (Lipinski definition) is 7. The number of aliphatic carboxylic acids is 1. The zero-order valence-electron chi connectivity index (χ0n) is 21.2. The van der Waals surface area contributed by atoms with Crippen LogP contribution in [-0.2, 0) is 24.3 Å². The number of aromatic nitrogens is 2. The van der Waals surface area contributed by atoms with Crippen LogP contribution in [0.1, 0.15) is 68.2 Å². The molecule has 0 aliphatic heterocycles. The molecule has 9 heteroatoms. The van der Waals surface area contributed by atoms with Gasteiger partial charge in [0.25, 0.3) is 5.91 Å². The van der Waals surface area contributed by atoms with Crippen LogP contribution in [-0.4, -0.2) is 51.3 Å². The average Bonchev–Trinajstić information content (AvgIpc) is 3.32. The van der Waals surface area contributed by atoms with E-state index < -0.39 is 5.97 Å². The summed E-state index contributed by atoms with van der Waals surface area (Å²) in [6.45, 7) is 3.86. The smallest absolute Gasteiger partial charge is 0.317 e. The lowest BCUT2D eigenvalue weighted by atomic mass is 9.95. The molecule has 0 saturated carbocycles. The summed E-state index contributed by atoms with van der Waals surface area (Å²) in [5.74, 6) is -0.578. The van der Waals surface area contributed by atoms with E-state index in [-0.39, 0.29) is 36.5 Å². The number of carboxylic acids is 1. The van der Waals surface area contributed by atoms with Gasteiger partial charge in [-0.15, -0.1) is 0 Å². The Morgan fingerprint density at radius 1 is 1.16 bits per heavy atom. The first-order valence-corrected chi connectivity index (χ1v) is 12.1. The molecule has 0 fully saturated rings. The third kappa shape index (κ3) is 6.00. The summed E-state index contributed by atoms with van der Waals surface area (Å²) in [6, 6.07) is 12.6. The van der Waals surface area contributed by atoms with Crippen molar-refractivity contribution in [1.82, 2.24) is 20.2 Å². The number of rotatable bonds is 10. The Labute approximate surface area is 215 Å². The molecule has 1 unspecified atom stereocenters. The van der Waals surface area contributed by atoms with Crippen molar-refractivity contribution in [2.75, 3.05) is 13.7 Å². The Kier molecular flexibility index (Phi) is 7.93. The van der Waals surface area contributed by atoms with Gasteiger partial charge in [0.1, 0.15) is 17.8 Å². The summed E-state index contributed by atoms with van der Waals surface area (Å²) < 4.78 is 5.22. The van der Waals surface area contributed by atoms with Gasteiger partial charge in [0.2, 0.25) is 0 Å². The molecule has 1 heterocycles. The van der Waals surface area contributed by atoms with E-state index in [1.54, 1.807) is 20.1 Å². The van der Waals surface area contributed by atoms with Gasteiger partial charge in [0.15, 0.2) is 5.78 Å². The van der Waals surface area contributed by atoms with Gasteiger partial charge in [0, 0.05) is 24.7 Å². The van der Waals surface area contributed by atoms with Gasteiger partial charge in [-0.3, -0.25) is 19.3 Å². The Morgan fingerprint density at radius 3 is 2.70 bits per heavy atom. The number of amides is 1. The molecule has 3 aromatic rings. The van der Waals surface area contributed by atoms with Crippen molar-refractivity contribution in [3.05, 3.63) is 88.0 Å². The monoisotopic (exact) mass is 502 g/mol. The summed E-state index contributed by atoms with van der Waals surface area (Å²) in [4.78, 5) is 46.7. The summed E-state index contributed by atoms with van der Waals surface area (Å²) >= 11 is 0. The highest BCUT2D eigenvalue weighted by atomic mass is 16.5. The number of hydrogen-bond donors (Lipinski definition) is 2. The first-order valence-electron chi connectivity index (χ1n) is 12.1. The zero-order chi connectivity index (χ0) is 26.5. The minimum absolute atomic E-state index is 0.0179. The lowest BCUT2D eigenvalue weighted by Crippen LogP contribution is -2.33. The number of Topliss-reactive ketones (excluding diaryl/α,β-unsaturated/α-hetero) is 1. The quantitative estimate of drug-likeness (QED) is 0.404. The molecule has 2 N–H and O–H groups in total. The van der Waals surface area contributed by atoms with Crippen LogP contribution < -0.4 is 10.1 Å². The average molecular weight is 503 g/mol. The van der Waals surface area contributed by atoms with E-state index >= 15 is 0 Å². The van der Waals surface area contributed by atoms with Gasteiger partial charge in [-0.1, -0.05) is 24.3 Å². The van der Waals surface area contributed by atoms with Crippen LogP contribution in [0.4, 0.5) is 0 Å². The summed E-state index contributed by atoms with van der Waals surface area (Å²) in [5.41, 5.74) is 5.44. The maximum atomic E-state index is 12.8. The van der Waals surface area contributed by atoms with Gasteiger partial charge >= 0.3 is 5.97 Å². The zero-order valence-corrected chi connectivity index (χ0v) is 21.2. The molecule has 1 aliphatic carbocycles. The Bertz CT molecular complexity index is 1340. The van der Waals surface area contributed by atoms with E-state index in [0.29, 0.717) is 23.6 Å². The predicted octanol–water partition coefficient (Wildman–Crippen LogP) is 3.50. The van der Waals surface area contributed by atoms with Crippen molar-refractivity contribution < 1.29 is 24.2 Å². The van der Waals surface area contributed by atoms with Crippen LogP contribution in [0, 0.1) is 6.92 Å². The second kappa shape index (κ2) is 11.3. The Hall–Kier alpha value is -4.11. The number of nitrogens with one attached hydrogen (secondary N) is 1. The molecule has 0 radical (unpaired) electrons. The van der Waals surface area contributed by atoms with Gasteiger partial charge in [-0.2, -0.15) is 0 Å². The van der Waals surface area contributed by atoms with Crippen LogP contribution >= 0.6 is 0 Å². The number of ketones is 1. The highest BCUT2D eigenvalue weighted by molar-refractivity contribution is 5.96. The fourth-order valence-electron chi connectivity index (χ4n) is 4.94. The maximum absolute atomic E-state index is 12.8. The molecule has 37 heavy (non-hydrogen) atoms. The SMILES string of the molecule is COc1cccc(CNC(=O)c2cc(CN(CC(=O)O)C3CCc4c3ccc(C(C)=O)c4C)ncn2)c1. The van der Waals surface area contributed by atoms with Crippen LogP contribution in [0.25, 0.3) is 0 Å². The second-order valence-electron chi connectivity index (χ2n) is 9.14. The van der Waals surface area contributed by atoms with Crippen LogP contribution in [0.5, 0.6) is 5.75 Å². The third-order valence-electron chi connectivity index (χ3n) is 6.73. The number of benzene rings is 2. The van der Waals surface area contributed by atoms with Crippen LogP contribution in [0.2, 0.25) is 0 Å². The first-order chi connectivity index (χ1) is 17.8. The van der Waals surface area contributed by atoms with Crippen molar-refractivity contribution >= 4 is 17.7 Å². The van der Waals surface area contributed by atoms with E-state index in [2.05, 4.69) is 15.3 Å². The maximum Gasteiger partial charge on any atom is 0.317 e. The molecule has 1 aromatic heterocycles. The minimum Gasteiger partial charge on any atom is -0.497 e. The summed E-state index contributed by atoms with van der Waals surface area (Å²) in [6.07, 6.45) is 2.83. The second-order valence-corrected chi connectivity index (χ2v) is 9.14. The van der Waals surface area contributed by atoms with Gasteiger partial charge in [-0.25, -0.2) is 9.97 Å². The number of ether oxygens (including phenoxy) is 1. The van der Waals surface area contributed by atoms with Gasteiger partial charge in [0.05, 0.1) is 19.3 Å². The van der Waals surface area contributed by atoms with Crippen LogP contribution in [0.3, 0.4) is 0 Å². The normalized spacial score (nSPS) is 14.3. The molecular weight excluding hydrogens is 472 g/mol. The molecular formula is C28H30N4O5. The first kappa shape index (κ1) is 26.0. The molecule has 192 valence electrons. The molecule has 1 aliphatic rings. The standard InChI is InChI=1S/C28H30N4O5/c1-17-22(18(2)33)7-8-24-23(17)9-10-26(24)32(15-27(34)35)14-20-12-25(31-16-30-20)28(36)29-13-19-5-4-6-21(11-19)37-3/h4-8,11-12,16,26H,9-10,13-15H2,1-3H3,(H,29,36)(H,34,35). The molecule has 1 amide bonds. The number of fused-ring (bicyclic) bond motifs is 1. The van der Waals surface area contributed by atoms with E-state index in [0.717, 1.165) is 35.1 Å². The number of methoxy groups -OCH3 is 1. The molecule has 9 nitrogen and oxygen atoms in total. The van der Waals surface area contributed by atoms with Crippen molar-refractivity contribution in [3.63, 3.8) is 0 Å². The Morgan fingerprint density at radius 2 is 1.97 bits per heavy atom. The van der Waals surface area contributed by atoms with Crippen molar-refractivity contribution in [2.45, 2.75) is 45.8 Å². The lowest BCUT2D eigenvalue weighted by Gasteiger charge is -2.28. The molecule has 0 bridgehead atoms. The lowest BCUT2D eigenvalue weighted by molar-refractivity contribution is -0.139. The number of carbonyl (C=O) groups excluding carboxylic acids is 2. The van der Waals surface area contributed by atoms with E-state index in [9.17, 15) is 19.5 Å². The van der Waals surface area contributed by atoms with Gasteiger partial charge < -0.3 is 15.2 Å². The van der Waals surface area contributed by atoms with E-state index in [1.165, 1.54) is 6.33 Å². The van der Waals surface area contributed by atoms with Crippen molar-refractivity contribution in [1.29, 1.82) is 0 Å². The summed E-state index contributed by atoms with van der Waals surface area (Å²) in [5, 5.41) is 12.5. The minimum atomic E-state index is -0.948. The van der Waals surface area contributed by atoms with Gasteiger partial charge in [-0.05, 0) is 67.1 Å².